The zero-order valence-electron chi connectivity index (χ0n) is 9.82. The maximum absolute atomic E-state index is 4.56. The molecule has 16 heavy (non-hydrogen) atoms. The lowest BCUT2D eigenvalue weighted by Crippen LogP contribution is -2.44. The van der Waals surface area contributed by atoms with Gasteiger partial charge in [-0.05, 0) is 17.5 Å². The largest absolute Gasteiger partial charge is 0.315 e. The first-order valence-electron chi connectivity index (χ1n) is 6.19. The summed E-state index contributed by atoms with van der Waals surface area (Å²) in [5.74, 6) is 1.57. The van der Waals surface area contributed by atoms with E-state index in [0.29, 0.717) is 5.92 Å². The van der Waals surface area contributed by atoms with Crippen LogP contribution in [0.2, 0.25) is 0 Å². The molecule has 0 saturated carbocycles. The SMILES string of the molecule is CC1CN(Cc2ccc(C3CNC3)cn2)C1. The lowest BCUT2D eigenvalue weighted by molar-refractivity contribution is 0.103. The number of aromatic nitrogens is 1. The Hall–Kier alpha value is -0.930. The first kappa shape index (κ1) is 10.2. The summed E-state index contributed by atoms with van der Waals surface area (Å²) in [6, 6.07) is 4.44. The van der Waals surface area contributed by atoms with Gasteiger partial charge in [0.05, 0.1) is 5.69 Å². The fourth-order valence-corrected chi connectivity index (χ4v) is 2.48. The fourth-order valence-electron chi connectivity index (χ4n) is 2.48. The molecular formula is C13H19N3. The van der Waals surface area contributed by atoms with Gasteiger partial charge in [0, 0.05) is 44.8 Å². The van der Waals surface area contributed by atoms with Crippen molar-refractivity contribution in [3.8, 4) is 0 Å². The predicted molar refractivity (Wildman–Crippen MR) is 64.3 cm³/mol. The summed E-state index contributed by atoms with van der Waals surface area (Å²) in [7, 11) is 0. The van der Waals surface area contributed by atoms with E-state index in [1.54, 1.807) is 0 Å². The predicted octanol–water partition coefficient (Wildman–Crippen LogP) is 1.22. The van der Waals surface area contributed by atoms with Gasteiger partial charge in [-0.3, -0.25) is 9.88 Å². The molecule has 0 radical (unpaired) electrons. The van der Waals surface area contributed by atoms with Gasteiger partial charge in [-0.1, -0.05) is 13.0 Å². The summed E-state index contributed by atoms with van der Waals surface area (Å²) in [4.78, 5) is 7.01. The molecule has 3 rings (SSSR count). The van der Waals surface area contributed by atoms with Crippen molar-refractivity contribution < 1.29 is 0 Å². The Labute approximate surface area is 96.9 Å². The highest BCUT2D eigenvalue weighted by molar-refractivity contribution is 5.21. The van der Waals surface area contributed by atoms with Crippen LogP contribution in [0, 0.1) is 5.92 Å². The van der Waals surface area contributed by atoms with Gasteiger partial charge in [0.25, 0.3) is 0 Å². The lowest BCUT2D eigenvalue weighted by Gasteiger charge is -2.36. The van der Waals surface area contributed by atoms with Crippen LogP contribution in [-0.2, 0) is 6.54 Å². The van der Waals surface area contributed by atoms with E-state index in [0.717, 1.165) is 25.6 Å². The highest BCUT2D eigenvalue weighted by Gasteiger charge is 2.23. The summed E-state index contributed by atoms with van der Waals surface area (Å²) >= 11 is 0. The standard InChI is InChI=1S/C13H19N3/c1-10-7-16(8-10)9-13-3-2-11(6-15-13)12-4-14-5-12/h2-3,6,10,12,14H,4-5,7-9H2,1H3. The molecule has 1 N–H and O–H groups in total. The van der Waals surface area contributed by atoms with E-state index in [1.165, 1.54) is 24.3 Å². The molecule has 2 aliphatic rings. The number of nitrogens with zero attached hydrogens (tertiary/aromatic N) is 2. The van der Waals surface area contributed by atoms with Crippen molar-refractivity contribution in [3.63, 3.8) is 0 Å². The van der Waals surface area contributed by atoms with E-state index in [2.05, 4.69) is 40.5 Å². The van der Waals surface area contributed by atoms with Crippen LogP contribution in [-0.4, -0.2) is 36.1 Å². The zero-order valence-corrected chi connectivity index (χ0v) is 9.82. The van der Waals surface area contributed by atoms with Crippen LogP contribution in [0.15, 0.2) is 18.3 Å². The van der Waals surface area contributed by atoms with E-state index in [4.69, 9.17) is 0 Å². The molecule has 86 valence electrons. The summed E-state index contributed by atoms with van der Waals surface area (Å²) < 4.78 is 0. The molecule has 0 aliphatic carbocycles. The molecule has 0 unspecified atom stereocenters. The van der Waals surface area contributed by atoms with Crippen molar-refractivity contribution >= 4 is 0 Å². The Balaban J connectivity index is 1.59. The molecule has 1 aromatic heterocycles. The second kappa shape index (κ2) is 4.15. The number of pyridine rings is 1. The van der Waals surface area contributed by atoms with Crippen LogP contribution in [0.3, 0.4) is 0 Å². The molecule has 2 aliphatic heterocycles. The van der Waals surface area contributed by atoms with Crippen LogP contribution in [0.25, 0.3) is 0 Å². The first-order chi connectivity index (χ1) is 7.81. The summed E-state index contributed by atoms with van der Waals surface area (Å²) in [5, 5.41) is 3.29. The van der Waals surface area contributed by atoms with Gasteiger partial charge in [-0.15, -0.1) is 0 Å². The van der Waals surface area contributed by atoms with Gasteiger partial charge < -0.3 is 5.32 Å². The van der Waals surface area contributed by atoms with Gasteiger partial charge >= 0.3 is 0 Å². The van der Waals surface area contributed by atoms with Crippen LogP contribution in [0.1, 0.15) is 24.1 Å². The number of hydrogen-bond acceptors (Lipinski definition) is 3. The first-order valence-corrected chi connectivity index (χ1v) is 6.19. The van der Waals surface area contributed by atoms with Crippen LogP contribution < -0.4 is 5.32 Å². The maximum Gasteiger partial charge on any atom is 0.0544 e. The molecule has 0 bridgehead atoms. The molecule has 3 nitrogen and oxygen atoms in total. The van der Waals surface area contributed by atoms with Gasteiger partial charge in [0.1, 0.15) is 0 Å². The molecule has 2 saturated heterocycles. The van der Waals surface area contributed by atoms with Crippen LogP contribution >= 0.6 is 0 Å². The van der Waals surface area contributed by atoms with E-state index in [1.807, 2.05) is 0 Å². The second-order valence-electron chi connectivity index (χ2n) is 5.24. The highest BCUT2D eigenvalue weighted by atomic mass is 15.2. The Morgan fingerprint density at radius 1 is 1.38 bits per heavy atom. The Morgan fingerprint density at radius 3 is 2.69 bits per heavy atom. The summed E-state index contributed by atoms with van der Waals surface area (Å²) in [5.41, 5.74) is 2.60. The topological polar surface area (TPSA) is 28.2 Å². The molecule has 3 heteroatoms. The third kappa shape index (κ3) is 1.97. The minimum atomic E-state index is 0.700. The fraction of sp³-hybridized carbons (Fsp3) is 0.615. The van der Waals surface area contributed by atoms with Crippen LogP contribution in [0.5, 0.6) is 0 Å². The number of hydrogen-bond donors (Lipinski definition) is 1. The Morgan fingerprint density at radius 2 is 2.19 bits per heavy atom. The molecule has 3 heterocycles. The average molecular weight is 217 g/mol. The Bertz CT molecular complexity index is 350. The number of nitrogens with one attached hydrogen (secondary N) is 1. The van der Waals surface area contributed by atoms with Gasteiger partial charge in [0.2, 0.25) is 0 Å². The lowest BCUT2D eigenvalue weighted by atomic mass is 9.95. The van der Waals surface area contributed by atoms with Crippen molar-refractivity contribution in [1.29, 1.82) is 0 Å². The maximum atomic E-state index is 4.56. The molecule has 0 spiro atoms. The minimum Gasteiger partial charge on any atom is -0.315 e. The number of rotatable bonds is 3. The summed E-state index contributed by atoms with van der Waals surface area (Å²) in [6.07, 6.45) is 2.06. The molecule has 0 atom stereocenters. The van der Waals surface area contributed by atoms with Crippen molar-refractivity contribution in [3.05, 3.63) is 29.6 Å². The Kier molecular flexibility index (Phi) is 2.65. The second-order valence-corrected chi connectivity index (χ2v) is 5.24. The normalized spacial score (nSPS) is 22.8. The van der Waals surface area contributed by atoms with E-state index in [-0.39, 0.29) is 0 Å². The van der Waals surface area contributed by atoms with Gasteiger partial charge in [-0.25, -0.2) is 0 Å². The third-order valence-electron chi connectivity index (χ3n) is 3.63. The quantitative estimate of drug-likeness (QED) is 0.825. The van der Waals surface area contributed by atoms with Crippen molar-refractivity contribution in [2.75, 3.05) is 26.2 Å². The summed E-state index contributed by atoms with van der Waals surface area (Å²) in [6.45, 7) is 8.02. The molecular weight excluding hydrogens is 198 g/mol. The molecule has 0 amide bonds. The van der Waals surface area contributed by atoms with Crippen molar-refractivity contribution in [2.45, 2.75) is 19.4 Å². The van der Waals surface area contributed by atoms with Crippen molar-refractivity contribution in [2.24, 2.45) is 5.92 Å². The average Bonchev–Trinajstić information content (AvgIpc) is 2.16. The molecule has 0 aromatic carbocycles. The molecule has 1 aromatic rings. The van der Waals surface area contributed by atoms with Gasteiger partial charge in [0.15, 0.2) is 0 Å². The smallest absolute Gasteiger partial charge is 0.0544 e. The van der Waals surface area contributed by atoms with E-state index in [9.17, 15) is 0 Å². The zero-order chi connectivity index (χ0) is 11.0. The minimum absolute atomic E-state index is 0.700. The third-order valence-corrected chi connectivity index (χ3v) is 3.63. The van der Waals surface area contributed by atoms with Crippen molar-refractivity contribution in [1.82, 2.24) is 15.2 Å². The van der Waals surface area contributed by atoms with E-state index < -0.39 is 0 Å². The highest BCUT2D eigenvalue weighted by Crippen LogP contribution is 2.20. The molecule has 2 fully saturated rings. The van der Waals surface area contributed by atoms with Crippen LogP contribution in [0.4, 0.5) is 0 Å². The monoisotopic (exact) mass is 217 g/mol. The van der Waals surface area contributed by atoms with Gasteiger partial charge in [-0.2, -0.15) is 0 Å². The van der Waals surface area contributed by atoms with E-state index >= 15 is 0 Å². The number of likely N-dealkylation sites (tertiary alicyclic amines) is 1.